The van der Waals surface area contributed by atoms with Gasteiger partial charge < -0.3 is 10.8 Å². The Hall–Kier alpha value is -0.480. The fourth-order valence-electron chi connectivity index (χ4n) is 1.02. The van der Waals surface area contributed by atoms with Crippen LogP contribution in [0, 0.1) is 0 Å². The number of nitrogens with two attached hydrogens (primary N) is 1. The molecule has 1 atom stereocenters. The van der Waals surface area contributed by atoms with Crippen LogP contribution in [0.5, 0.6) is 0 Å². The number of hydrogen-bond acceptors (Lipinski definition) is 2. The number of rotatable bonds is 2. The molecule has 6 heteroatoms. The Kier molecular flexibility index (Phi) is 3.84. The van der Waals surface area contributed by atoms with Gasteiger partial charge >= 0.3 is 5.97 Å². The van der Waals surface area contributed by atoms with E-state index in [4.69, 9.17) is 45.6 Å². The molecule has 0 aliphatic heterocycles. The lowest BCUT2D eigenvalue weighted by atomic mass is 10.1. The molecule has 0 saturated carbocycles. The number of benzene rings is 1. The van der Waals surface area contributed by atoms with Crippen LogP contribution in [0.3, 0.4) is 0 Å². The quantitative estimate of drug-likeness (QED) is 0.810. The first-order valence-electron chi connectivity index (χ1n) is 3.98. The van der Waals surface area contributed by atoms with E-state index in [1.165, 1.54) is 24.3 Å². The van der Waals surface area contributed by atoms with Crippen LogP contribution in [0.4, 0.5) is 0 Å². The molecule has 0 radical (unpaired) electrons. The Bertz CT molecular complexity index is 359. The van der Waals surface area contributed by atoms with Gasteiger partial charge in [-0.1, -0.05) is 59.1 Å². The largest absolute Gasteiger partial charge is 0.480 e. The van der Waals surface area contributed by atoms with Crippen molar-refractivity contribution in [1.82, 2.24) is 0 Å². The van der Waals surface area contributed by atoms with Crippen molar-refractivity contribution in [1.29, 1.82) is 0 Å². The number of carboxylic acids is 1. The first-order valence-corrected chi connectivity index (χ1v) is 5.11. The normalized spacial score (nSPS) is 13.6. The van der Waals surface area contributed by atoms with Gasteiger partial charge in [-0.2, -0.15) is 0 Å². The molecule has 0 amide bonds. The van der Waals surface area contributed by atoms with Crippen LogP contribution >= 0.6 is 34.8 Å². The van der Waals surface area contributed by atoms with Crippen molar-refractivity contribution in [3.63, 3.8) is 0 Å². The van der Waals surface area contributed by atoms with Gasteiger partial charge in [0.2, 0.25) is 3.79 Å². The van der Waals surface area contributed by atoms with E-state index in [1.54, 1.807) is 0 Å². The van der Waals surface area contributed by atoms with E-state index in [-0.39, 0.29) is 0 Å². The van der Waals surface area contributed by atoms with Crippen LogP contribution in [0.25, 0.3) is 0 Å². The summed E-state index contributed by atoms with van der Waals surface area (Å²) in [4.78, 5) is 10.6. The SMILES string of the molecule is N[C@@H](C(=O)O)c1ccc(C(Cl)(Cl)Cl)cc1. The third kappa shape index (κ3) is 3.24. The average Bonchev–Trinajstić information content (AvgIpc) is 2.15. The smallest absolute Gasteiger partial charge is 0.325 e. The first-order chi connectivity index (χ1) is 6.82. The molecular formula is C9H8Cl3NO2. The van der Waals surface area contributed by atoms with Crippen molar-refractivity contribution in [2.24, 2.45) is 5.73 Å². The third-order valence-electron chi connectivity index (χ3n) is 1.86. The summed E-state index contributed by atoms with van der Waals surface area (Å²) in [6.45, 7) is 0. The molecule has 0 bridgehead atoms. The van der Waals surface area contributed by atoms with E-state index in [1.807, 2.05) is 0 Å². The van der Waals surface area contributed by atoms with E-state index in [2.05, 4.69) is 0 Å². The highest BCUT2D eigenvalue weighted by Gasteiger charge is 2.23. The highest BCUT2D eigenvalue weighted by atomic mass is 35.6. The molecule has 0 fully saturated rings. The molecule has 15 heavy (non-hydrogen) atoms. The fraction of sp³-hybridized carbons (Fsp3) is 0.222. The van der Waals surface area contributed by atoms with Crippen molar-refractivity contribution in [3.05, 3.63) is 35.4 Å². The lowest BCUT2D eigenvalue weighted by Crippen LogP contribution is -2.20. The maximum atomic E-state index is 10.6. The topological polar surface area (TPSA) is 63.3 Å². The van der Waals surface area contributed by atoms with E-state index in [9.17, 15) is 4.79 Å². The van der Waals surface area contributed by atoms with Gasteiger partial charge in [0.25, 0.3) is 0 Å². The standard InChI is InChI=1S/C9H8Cl3NO2/c10-9(11,12)6-3-1-5(2-4-6)7(13)8(14)15/h1-4,7H,13H2,(H,14,15)/t7-/m1/s1. The molecule has 0 heterocycles. The summed E-state index contributed by atoms with van der Waals surface area (Å²) >= 11 is 16.9. The van der Waals surface area contributed by atoms with E-state index in [0.29, 0.717) is 11.1 Å². The number of aliphatic carboxylic acids is 1. The van der Waals surface area contributed by atoms with E-state index >= 15 is 0 Å². The Morgan fingerprint density at radius 2 is 1.73 bits per heavy atom. The Morgan fingerprint density at radius 1 is 1.27 bits per heavy atom. The van der Waals surface area contributed by atoms with Crippen molar-refractivity contribution in [2.45, 2.75) is 9.83 Å². The predicted octanol–water partition coefficient (Wildman–Crippen LogP) is 2.60. The summed E-state index contributed by atoms with van der Waals surface area (Å²) in [5, 5.41) is 8.66. The average molecular weight is 269 g/mol. The zero-order valence-electron chi connectivity index (χ0n) is 7.45. The van der Waals surface area contributed by atoms with E-state index < -0.39 is 15.8 Å². The van der Waals surface area contributed by atoms with Crippen molar-refractivity contribution >= 4 is 40.8 Å². The first kappa shape index (κ1) is 12.6. The zero-order chi connectivity index (χ0) is 11.6. The molecule has 1 rings (SSSR count). The number of hydrogen-bond donors (Lipinski definition) is 2. The number of carboxylic acid groups (broad SMARTS) is 1. The van der Waals surface area contributed by atoms with Crippen molar-refractivity contribution < 1.29 is 9.90 Å². The molecular weight excluding hydrogens is 260 g/mol. The summed E-state index contributed by atoms with van der Waals surface area (Å²) in [5.41, 5.74) is 6.32. The van der Waals surface area contributed by atoms with Gasteiger partial charge in [-0.3, -0.25) is 4.79 Å². The molecule has 3 N–H and O–H groups in total. The van der Waals surface area contributed by atoms with Crippen LogP contribution in [-0.2, 0) is 8.59 Å². The molecule has 0 aromatic heterocycles. The fourth-order valence-corrected chi connectivity index (χ4v) is 1.40. The number of alkyl halides is 3. The molecule has 1 aromatic rings. The molecule has 3 nitrogen and oxygen atoms in total. The van der Waals surface area contributed by atoms with Crippen LogP contribution in [0.1, 0.15) is 17.2 Å². The Balaban J connectivity index is 2.95. The van der Waals surface area contributed by atoms with Gasteiger partial charge in [0.05, 0.1) is 0 Å². The molecule has 0 unspecified atom stereocenters. The van der Waals surface area contributed by atoms with Crippen LogP contribution in [0.15, 0.2) is 24.3 Å². The van der Waals surface area contributed by atoms with Crippen LogP contribution < -0.4 is 5.73 Å². The van der Waals surface area contributed by atoms with Gasteiger partial charge in [-0.15, -0.1) is 0 Å². The molecule has 0 aliphatic rings. The summed E-state index contributed by atoms with van der Waals surface area (Å²) in [6, 6.07) is 5.05. The molecule has 82 valence electrons. The summed E-state index contributed by atoms with van der Waals surface area (Å²) in [7, 11) is 0. The lowest BCUT2D eigenvalue weighted by molar-refractivity contribution is -0.138. The Labute approximate surface area is 102 Å². The highest BCUT2D eigenvalue weighted by Crippen LogP contribution is 2.38. The molecule has 0 aliphatic carbocycles. The maximum absolute atomic E-state index is 10.6. The molecule has 0 spiro atoms. The summed E-state index contributed by atoms with van der Waals surface area (Å²) in [5.74, 6) is -1.10. The second-order valence-corrected chi connectivity index (χ2v) is 5.22. The Morgan fingerprint density at radius 3 is 2.07 bits per heavy atom. The highest BCUT2D eigenvalue weighted by molar-refractivity contribution is 6.66. The number of carbonyl (C=O) groups is 1. The summed E-state index contributed by atoms with van der Waals surface area (Å²) < 4.78 is -1.51. The molecule has 0 saturated heterocycles. The minimum absolute atomic E-state index is 0.459. The van der Waals surface area contributed by atoms with Crippen molar-refractivity contribution in [2.75, 3.05) is 0 Å². The van der Waals surface area contributed by atoms with Crippen molar-refractivity contribution in [3.8, 4) is 0 Å². The molecule has 1 aromatic carbocycles. The van der Waals surface area contributed by atoms with E-state index in [0.717, 1.165) is 0 Å². The number of halogens is 3. The van der Waals surface area contributed by atoms with Gasteiger partial charge in [0.15, 0.2) is 0 Å². The van der Waals surface area contributed by atoms with Gasteiger partial charge in [-0.25, -0.2) is 0 Å². The van der Waals surface area contributed by atoms with Crippen LogP contribution in [-0.4, -0.2) is 11.1 Å². The van der Waals surface area contributed by atoms with Crippen LogP contribution in [0.2, 0.25) is 0 Å². The minimum atomic E-state index is -1.51. The monoisotopic (exact) mass is 267 g/mol. The summed E-state index contributed by atoms with van der Waals surface area (Å²) in [6.07, 6.45) is 0. The van der Waals surface area contributed by atoms with Gasteiger partial charge in [0, 0.05) is 5.56 Å². The second kappa shape index (κ2) is 4.58. The minimum Gasteiger partial charge on any atom is -0.480 e. The van der Waals surface area contributed by atoms with Gasteiger partial charge in [0.1, 0.15) is 6.04 Å². The third-order valence-corrected chi connectivity index (χ3v) is 2.52. The second-order valence-electron chi connectivity index (χ2n) is 2.94. The zero-order valence-corrected chi connectivity index (χ0v) is 9.72. The maximum Gasteiger partial charge on any atom is 0.325 e. The predicted molar refractivity (Wildman–Crippen MR) is 60.2 cm³/mol. The lowest BCUT2D eigenvalue weighted by Gasteiger charge is -2.12. The van der Waals surface area contributed by atoms with Gasteiger partial charge in [-0.05, 0) is 5.56 Å².